The number of aliphatic imine (C=N–C) groups is 1. The van der Waals surface area contributed by atoms with Gasteiger partial charge < -0.3 is 4.90 Å². The van der Waals surface area contributed by atoms with Gasteiger partial charge in [-0.3, -0.25) is 9.98 Å². The molecule has 5 heteroatoms. The van der Waals surface area contributed by atoms with Crippen LogP contribution in [0.5, 0.6) is 0 Å². The molecule has 0 spiro atoms. The van der Waals surface area contributed by atoms with Crippen LogP contribution in [0, 0.1) is 0 Å². The van der Waals surface area contributed by atoms with Crippen LogP contribution in [0.3, 0.4) is 0 Å². The molecule has 0 N–H and O–H groups in total. The lowest BCUT2D eigenvalue weighted by atomic mass is 9.96. The minimum absolute atomic E-state index is 0.0367. The monoisotopic (exact) mass is 329 g/mol. The summed E-state index contributed by atoms with van der Waals surface area (Å²) in [5, 5.41) is 2.48. The summed E-state index contributed by atoms with van der Waals surface area (Å²) in [6.45, 7) is 3.26. The van der Waals surface area contributed by atoms with Crippen LogP contribution >= 0.6 is 23.4 Å². The van der Waals surface area contributed by atoms with Crippen LogP contribution in [0.2, 0.25) is 5.02 Å². The molecule has 3 atom stereocenters. The molecule has 0 unspecified atom stereocenters. The number of hydrogen-bond acceptors (Lipinski definition) is 4. The molecule has 3 nitrogen and oxygen atoms in total. The van der Waals surface area contributed by atoms with Crippen molar-refractivity contribution in [3.8, 4) is 0 Å². The Morgan fingerprint density at radius 3 is 2.91 bits per heavy atom. The van der Waals surface area contributed by atoms with Crippen molar-refractivity contribution in [2.45, 2.75) is 24.3 Å². The van der Waals surface area contributed by atoms with Crippen LogP contribution in [0.15, 0.2) is 53.7 Å². The molecular weight excluding hydrogens is 314 g/mol. The normalized spacial score (nSPS) is 26.9. The second kappa shape index (κ2) is 5.60. The Labute approximate surface area is 139 Å². The van der Waals surface area contributed by atoms with Crippen LogP contribution in [-0.4, -0.2) is 26.8 Å². The Hall–Kier alpha value is -1.52. The molecule has 0 radical (unpaired) electrons. The van der Waals surface area contributed by atoms with Crippen molar-refractivity contribution in [1.82, 2.24) is 9.88 Å². The first-order chi connectivity index (χ1) is 10.7. The quantitative estimate of drug-likeness (QED) is 0.821. The number of pyridine rings is 1. The van der Waals surface area contributed by atoms with Crippen LogP contribution in [0.1, 0.15) is 30.3 Å². The van der Waals surface area contributed by atoms with E-state index in [-0.39, 0.29) is 12.1 Å². The molecule has 112 valence electrons. The number of fused-ring (bicyclic) bond motifs is 1. The third-order valence-corrected chi connectivity index (χ3v) is 5.41. The van der Waals surface area contributed by atoms with E-state index in [4.69, 9.17) is 16.6 Å². The first kappa shape index (κ1) is 14.1. The largest absolute Gasteiger partial charge is 0.341 e. The van der Waals surface area contributed by atoms with Gasteiger partial charge >= 0.3 is 0 Å². The minimum atomic E-state index is 0.0367. The number of benzene rings is 1. The number of hydrogen-bond donors (Lipinski definition) is 0. The highest BCUT2D eigenvalue weighted by atomic mass is 35.5. The van der Waals surface area contributed by atoms with E-state index in [0.29, 0.717) is 5.25 Å². The summed E-state index contributed by atoms with van der Waals surface area (Å²) >= 11 is 8.06. The van der Waals surface area contributed by atoms with Gasteiger partial charge in [0.05, 0.1) is 11.7 Å². The van der Waals surface area contributed by atoms with Gasteiger partial charge in [0.1, 0.15) is 6.04 Å². The molecule has 0 bridgehead atoms. The summed E-state index contributed by atoms with van der Waals surface area (Å²) in [6.07, 6.45) is 1.84. The van der Waals surface area contributed by atoms with Crippen molar-refractivity contribution in [2.24, 2.45) is 4.99 Å². The number of aromatic nitrogens is 1. The van der Waals surface area contributed by atoms with Gasteiger partial charge in [-0.15, -0.1) is 0 Å². The zero-order valence-electron chi connectivity index (χ0n) is 12.2. The molecule has 1 fully saturated rings. The number of amidine groups is 1. The SMILES string of the molecule is C[C@@H]1CN2C(=N[C@H](c3ccccn3)[C@@H]2c2cccc(Cl)c2)S1. The number of rotatable bonds is 2. The Bertz CT molecular complexity index is 719. The molecule has 0 aliphatic carbocycles. The van der Waals surface area contributed by atoms with Gasteiger partial charge in [0.25, 0.3) is 0 Å². The summed E-state index contributed by atoms with van der Waals surface area (Å²) in [6, 6.07) is 14.4. The molecule has 1 saturated heterocycles. The maximum atomic E-state index is 6.21. The first-order valence-electron chi connectivity index (χ1n) is 7.40. The maximum Gasteiger partial charge on any atom is 0.160 e. The second-order valence-corrected chi connectivity index (χ2v) is 7.53. The number of nitrogens with zero attached hydrogens (tertiary/aromatic N) is 3. The van der Waals surface area contributed by atoms with E-state index in [9.17, 15) is 0 Å². The Morgan fingerprint density at radius 2 is 2.14 bits per heavy atom. The van der Waals surface area contributed by atoms with Gasteiger partial charge in [-0.25, -0.2) is 0 Å². The number of halogens is 1. The standard InChI is InChI=1S/C17H16ClN3S/c1-11-10-21-16(12-5-4-6-13(18)9-12)15(20-17(21)22-11)14-7-2-3-8-19-14/h2-9,11,15-16H,10H2,1H3/t11-,15-,16+/m1/s1. The van der Waals surface area contributed by atoms with Crippen molar-refractivity contribution in [3.63, 3.8) is 0 Å². The van der Waals surface area contributed by atoms with Crippen molar-refractivity contribution < 1.29 is 0 Å². The highest BCUT2D eigenvalue weighted by molar-refractivity contribution is 8.14. The van der Waals surface area contributed by atoms with E-state index in [1.54, 1.807) is 0 Å². The van der Waals surface area contributed by atoms with Gasteiger partial charge in [-0.2, -0.15) is 0 Å². The lowest BCUT2D eigenvalue weighted by Gasteiger charge is -2.27. The van der Waals surface area contributed by atoms with E-state index in [0.717, 1.165) is 22.4 Å². The molecule has 3 heterocycles. The fraction of sp³-hybridized carbons (Fsp3) is 0.294. The van der Waals surface area contributed by atoms with Gasteiger partial charge in [0.15, 0.2) is 5.17 Å². The average molecular weight is 330 g/mol. The maximum absolute atomic E-state index is 6.21. The fourth-order valence-electron chi connectivity index (χ4n) is 3.17. The molecular formula is C17H16ClN3S. The molecule has 1 aromatic heterocycles. The zero-order valence-corrected chi connectivity index (χ0v) is 13.8. The van der Waals surface area contributed by atoms with E-state index in [1.165, 1.54) is 5.56 Å². The highest BCUT2D eigenvalue weighted by Crippen LogP contribution is 2.47. The Balaban J connectivity index is 1.78. The molecule has 2 aromatic rings. The highest BCUT2D eigenvalue weighted by Gasteiger charge is 2.43. The molecule has 4 rings (SSSR count). The third-order valence-electron chi connectivity index (χ3n) is 4.07. The lowest BCUT2D eigenvalue weighted by Crippen LogP contribution is -2.28. The van der Waals surface area contributed by atoms with Crippen molar-refractivity contribution in [3.05, 3.63) is 64.9 Å². The smallest absolute Gasteiger partial charge is 0.160 e. The lowest BCUT2D eigenvalue weighted by molar-refractivity contribution is 0.321. The minimum Gasteiger partial charge on any atom is -0.341 e. The predicted molar refractivity (Wildman–Crippen MR) is 92.4 cm³/mol. The van der Waals surface area contributed by atoms with E-state index in [1.807, 2.05) is 48.3 Å². The van der Waals surface area contributed by atoms with Gasteiger partial charge in [0, 0.05) is 23.0 Å². The predicted octanol–water partition coefficient (Wildman–Crippen LogP) is 4.32. The van der Waals surface area contributed by atoms with E-state index < -0.39 is 0 Å². The van der Waals surface area contributed by atoms with Crippen molar-refractivity contribution in [2.75, 3.05) is 6.54 Å². The molecule has 2 aliphatic heterocycles. The zero-order chi connectivity index (χ0) is 15.1. The van der Waals surface area contributed by atoms with Crippen LogP contribution in [-0.2, 0) is 0 Å². The van der Waals surface area contributed by atoms with E-state index >= 15 is 0 Å². The summed E-state index contributed by atoms with van der Waals surface area (Å²) in [5.41, 5.74) is 2.22. The Kier molecular flexibility index (Phi) is 3.59. The summed E-state index contributed by atoms with van der Waals surface area (Å²) in [4.78, 5) is 11.9. The van der Waals surface area contributed by atoms with Gasteiger partial charge in [0.2, 0.25) is 0 Å². The Morgan fingerprint density at radius 1 is 1.23 bits per heavy atom. The van der Waals surface area contributed by atoms with Crippen molar-refractivity contribution >= 4 is 28.5 Å². The fourth-order valence-corrected chi connectivity index (χ4v) is 4.46. The number of thioether (sulfide) groups is 1. The molecule has 22 heavy (non-hydrogen) atoms. The van der Waals surface area contributed by atoms with Crippen molar-refractivity contribution in [1.29, 1.82) is 0 Å². The van der Waals surface area contributed by atoms with Crippen LogP contribution < -0.4 is 0 Å². The molecule has 1 aromatic carbocycles. The average Bonchev–Trinajstić information content (AvgIpc) is 3.04. The molecule has 0 amide bonds. The summed E-state index contributed by atoms with van der Waals surface area (Å²) in [5.74, 6) is 0. The second-order valence-electron chi connectivity index (χ2n) is 5.69. The topological polar surface area (TPSA) is 28.5 Å². The van der Waals surface area contributed by atoms with Gasteiger partial charge in [-0.05, 0) is 29.8 Å². The van der Waals surface area contributed by atoms with Crippen LogP contribution in [0.4, 0.5) is 0 Å². The third kappa shape index (κ3) is 2.40. The first-order valence-corrected chi connectivity index (χ1v) is 8.65. The summed E-state index contributed by atoms with van der Waals surface area (Å²) in [7, 11) is 0. The molecule has 0 saturated carbocycles. The van der Waals surface area contributed by atoms with E-state index in [2.05, 4.69) is 28.9 Å². The molecule has 2 aliphatic rings. The van der Waals surface area contributed by atoms with Gasteiger partial charge in [-0.1, -0.05) is 48.5 Å². The summed E-state index contributed by atoms with van der Waals surface area (Å²) < 4.78 is 0. The van der Waals surface area contributed by atoms with Crippen LogP contribution in [0.25, 0.3) is 0 Å².